The fourth-order valence-electron chi connectivity index (χ4n) is 2.60. The number of benzene rings is 1. The number of aromatic nitrogens is 4. The number of sulfonamides is 1. The van der Waals surface area contributed by atoms with E-state index < -0.39 is 10.0 Å². The van der Waals surface area contributed by atoms with Crippen LogP contribution >= 0.6 is 0 Å². The molecule has 2 heterocycles. The molecular weight excluding hydrogens is 314 g/mol. The van der Waals surface area contributed by atoms with E-state index in [0.29, 0.717) is 19.5 Å². The maximum atomic E-state index is 12.1. The smallest absolute Gasteiger partial charge is 0.240 e. The summed E-state index contributed by atoms with van der Waals surface area (Å²) in [5.74, 6) is 0. The number of nitrogens with zero attached hydrogens (tertiary/aromatic N) is 4. The molecular formula is C15H19N5O2S. The van der Waals surface area contributed by atoms with Crippen LogP contribution in [0.25, 0.3) is 11.0 Å². The normalized spacial score (nSPS) is 12.1. The van der Waals surface area contributed by atoms with Crippen molar-refractivity contribution >= 4 is 21.1 Å². The highest BCUT2D eigenvalue weighted by Gasteiger charge is 2.13. The Balaban J connectivity index is 1.61. The Kier molecular flexibility index (Phi) is 4.18. The van der Waals surface area contributed by atoms with Gasteiger partial charge < -0.3 is 0 Å². The lowest BCUT2D eigenvalue weighted by molar-refractivity contribution is 0.559. The van der Waals surface area contributed by atoms with E-state index in [0.717, 1.165) is 16.7 Å². The zero-order chi connectivity index (χ0) is 16.4. The Labute approximate surface area is 135 Å². The van der Waals surface area contributed by atoms with Gasteiger partial charge in [0.2, 0.25) is 10.0 Å². The van der Waals surface area contributed by atoms with Crippen LogP contribution in [-0.4, -0.2) is 34.5 Å². The predicted octanol–water partition coefficient (Wildman–Crippen LogP) is 1.45. The maximum Gasteiger partial charge on any atom is 0.240 e. The van der Waals surface area contributed by atoms with Crippen molar-refractivity contribution in [1.29, 1.82) is 0 Å². The van der Waals surface area contributed by atoms with Crippen molar-refractivity contribution in [2.75, 3.05) is 6.54 Å². The van der Waals surface area contributed by atoms with Crippen molar-refractivity contribution in [3.8, 4) is 0 Å². The van der Waals surface area contributed by atoms with Crippen molar-refractivity contribution in [1.82, 2.24) is 24.3 Å². The van der Waals surface area contributed by atoms with Gasteiger partial charge in [0.05, 0.1) is 16.8 Å². The highest BCUT2D eigenvalue weighted by molar-refractivity contribution is 7.89. The topological polar surface area (TPSA) is 81.8 Å². The van der Waals surface area contributed by atoms with Crippen molar-refractivity contribution in [3.05, 3.63) is 42.2 Å². The second-order valence-corrected chi connectivity index (χ2v) is 7.14. The largest absolute Gasteiger partial charge is 0.264 e. The van der Waals surface area contributed by atoms with Gasteiger partial charge in [-0.1, -0.05) is 18.2 Å². The third kappa shape index (κ3) is 3.13. The summed E-state index contributed by atoms with van der Waals surface area (Å²) in [6, 6.07) is 8.37. The second kappa shape index (κ2) is 6.13. The van der Waals surface area contributed by atoms with E-state index in [1.54, 1.807) is 41.2 Å². The molecule has 0 radical (unpaired) electrons. The SMILES string of the molecule is Cc1nn(C)c2cnn(CCCNS(=O)(=O)c3ccccc3)c12. The quantitative estimate of drug-likeness (QED) is 0.692. The van der Waals surface area contributed by atoms with E-state index in [1.165, 1.54) is 0 Å². The zero-order valence-corrected chi connectivity index (χ0v) is 13.9. The van der Waals surface area contributed by atoms with Crippen LogP contribution in [0.2, 0.25) is 0 Å². The van der Waals surface area contributed by atoms with Crippen LogP contribution in [0.4, 0.5) is 0 Å². The van der Waals surface area contributed by atoms with E-state index in [-0.39, 0.29) is 4.90 Å². The summed E-state index contributed by atoms with van der Waals surface area (Å²) in [6.45, 7) is 2.93. The van der Waals surface area contributed by atoms with Gasteiger partial charge in [0.1, 0.15) is 11.0 Å². The average molecular weight is 333 g/mol. The van der Waals surface area contributed by atoms with Crippen LogP contribution in [0.1, 0.15) is 12.1 Å². The van der Waals surface area contributed by atoms with Crippen molar-refractivity contribution in [3.63, 3.8) is 0 Å². The Bertz CT molecular complexity index is 912. The summed E-state index contributed by atoms with van der Waals surface area (Å²) in [5.41, 5.74) is 2.90. The van der Waals surface area contributed by atoms with Crippen LogP contribution in [-0.2, 0) is 23.6 Å². The van der Waals surface area contributed by atoms with Gasteiger partial charge in [-0.15, -0.1) is 0 Å². The molecule has 0 bridgehead atoms. The fourth-order valence-corrected chi connectivity index (χ4v) is 3.69. The first kappa shape index (κ1) is 15.7. The number of fused-ring (bicyclic) bond motifs is 1. The van der Waals surface area contributed by atoms with Gasteiger partial charge in [-0.2, -0.15) is 10.2 Å². The molecule has 23 heavy (non-hydrogen) atoms. The first-order valence-electron chi connectivity index (χ1n) is 7.39. The highest BCUT2D eigenvalue weighted by atomic mass is 32.2. The Hall–Kier alpha value is -2.19. The molecule has 8 heteroatoms. The summed E-state index contributed by atoms with van der Waals surface area (Å²) in [5, 5.41) is 8.71. The summed E-state index contributed by atoms with van der Waals surface area (Å²) >= 11 is 0. The number of rotatable bonds is 6. The minimum atomic E-state index is -3.44. The fraction of sp³-hybridized carbons (Fsp3) is 0.333. The van der Waals surface area contributed by atoms with Gasteiger partial charge in [0.25, 0.3) is 0 Å². The monoisotopic (exact) mass is 333 g/mol. The number of hydrogen-bond acceptors (Lipinski definition) is 4. The summed E-state index contributed by atoms with van der Waals surface area (Å²) < 4.78 is 30.5. The van der Waals surface area contributed by atoms with E-state index >= 15 is 0 Å². The summed E-state index contributed by atoms with van der Waals surface area (Å²) in [6.07, 6.45) is 2.43. The van der Waals surface area contributed by atoms with Crippen LogP contribution in [0.15, 0.2) is 41.4 Å². The van der Waals surface area contributed by atoms with Crippen LogP contribution < -0.4 is 4.72 Å². The minimum absolute atomic E-state index is 0.282. The van der Waals surface area contributed by atoms with Crippen LogP contribution in [0.5, 0.6) is 0 Å². The Morgan fingerprint density at radius 2 is 1.96 bits per heavy atom. The van der Waals surface area contributed by atoms with Crippen LogP contribution in [0, 0.1) is 6.92 Å². The second-order valence-electron chi connectivity index (χ2n) is 5.37. The molecule has 122 valence electrons. The molecule has 0 aliphatic rings. The van der Waals surface area contributed by atoms with E-state index in [1.807, 2.05) is 18.7 Å². The number of hydrogen-bond donors (Lipinski definition) is 1. The van der Waals surface area contributed by atoms with Crippen LogP contribution in [0.3, 0.4) is 0 Å². The molecule has 0 saturated heterocycles. The molecule has 7 nitrogen and oxygen atoms in total. The molecule has 1 aromatic carbocycles. The molecule has 1 N–H and O–H groups in total. The Morgan fingerprint density at radius 1 is 1.22 bits per heavy atom. The van der Waals surface area contributed by atoms with Gasteiger partial charge in [-0.3, -0.25) is 9.36 Å². The lowest BCUT2D eigenvalue weighted by Crippen LogP contribution is -2.25. The minimum Gasteiger partial charge on any atom is -0.264 e. The van der Waals surface area contributed by atoms with Crippen molar-refractivity contribution in [2.24, 2.45) is 7.05 Å². The zero-order valence-electron chi connectivity index (χ0n) is 13.1. The molecule has 0 aliphatic carbocycles. The number of nitrogens with one attached hydrogen (secondary N) is 1. The lowest BCUT2D eigenvalue weighted by atomic mass is 10.3. The third-order valence-electron chi connectivity index (χ3n) is 3.70. The summed E-state index contributed by atoms with van der Waals surface area (Å²) in [7, 11) is -1.56. The van der Waals surface area contributed by atoms with E-state index in [4.69, 9.17) is 0 Å². The molecule has 0 aliphatic heterocycles. The Morgan fingerprint density at radius 3 is 2.70 bits per heavy atom. The molecule has 0 atom stereocenters. The predicted molar refractivity (Wildman–Crippen MR) is 87.5 cm³/mol. The molecule has 2 aromatic heterocycles. The maximum absolute atomic E-state index is 12.1. The average Bonchev–Trinajstić information content (AvgIpc) is 3.07. The highest BCUT2D eigenvalue weighted by Crippen LogP contribution is 2.16. The third-order valence-corrected chi connectivity index (χ3v) is 5.18. The molecule has 3 aromatic rings. The van der Waals surface area contributed by atoms with Crippen molar-refractivity contribution in [2.45, 2.75) is 24.8 Å². The first-order chi connectivity index (χ1) is 11.0. The molecule has 0 amide bonds. The van der Waals surface area contributed by atoms with Gasteiger partial charge in [-0.25, -0.2) is 13.1 Å². The van der Waals surface area contributed by atoms with Gasteiger partial charge in [0.15, 0.2) is 0 Å². The standard InChI is InChI=1S/C15H19N5O2S/c1-12-15-14(19(2)18-12)11-16-20(15)10-6-9-17-23(21,22)13-7-4-3-5-8-13/h3-5,7-8,11,17H,6,9-10H2,1-2H3. The molecule has 0 unspecified atom stereocenters. The van der Waals surface area contributed by atoms with E-state index in [9.17, 15) is 8.42 Å². The van der Waals surface area contributed by atoms with Gasteiger partial charge in [-0.05, 0) is 25.5 Å². The molecule has 0 saturated carbocycles. The number of aryl methyl sites for hydroxylation is 3. The summed E-state index contributed by atoms with van der Waals surface area (Å²) in [4.78, 5) is 0.282. The first-order valence-corrected chi connectivity index (χ1v) is 8.87. The molecule has 3 rings (SSSR count). The van der Waals surface area contributed by atoms with Crippen molar-refractivity contribution < 1.29 is 8.42 Å². The molecule has 0 fully saturated rings. The molecule has 0 spiro atoms. The van der Waals surface area contributed by atoms with E-state index in [2.05, 4.69) is 14.9 Å². The van der Waals surface area contributed by atoms with Gasteiger partial charge >= 0.3 is 0 Å². The van der Waals surface area contributed by atoms with Gasteiger partial charge in [0, 0.05) is 20.1 Å². The lowest BCUT2D eigenvalue weighted by Gasteiger charge is -2.07.